The second-order valence-corrected chi connectivity index (χ2v) is 7.09. The molecule has 128 valence electrons. The number of nitrogens with zero attached hydrogens (tertiary/aromatic N) is 3. The highest BCUT2D eigenvalue weighted by Crippen LogP contribution is 2.17. The van der Waals surface area contributed by atoms with Crippen LogP contribution in [0, 0.1) is 0 Å². The molecule has 0 radical (unpaired) electrons. The Morgan fingerprint density at radius 1 is 1.12 bits per heavy atom. The van der Waals surface area contributed by atoms with E-state index in [4.69, 9.17) is 0 Å². The molecule has 0 spiro atoms. The number of aromatic nitrogens is 3. The molecule has 0 bridgehead atoms. The van der Waals surface area contributed by atoms with Gasteiger partial charge in [0.1, 0.15) is 0 Å². The molecule has 0 aliphatic rings. The molecule has 0 atom stereocenters. The molecule has 25 heavy (non-hydrogen) atoms. The first kappa shape index (κ1) is 17.1. The molecule has 0 saturated heterocycles. The summed E-state index contributed by atoms with van der Waals surface area (Å²) in [6.45, 7) is 0.113. The molecule has 2 heterocycles. The van der Waals surface area contributed by atoms with Gasteiger partial charge in [-0.05, 0) is 29.8 Å². The smallest absolute Gasteiger partial charge is 0.234 e. The van der Waals surface area contributed by atoms with Crippen molar-refractivity contribution in [2.45, 2.75) is 6.54 Å². The van der Waals surface area contributed by atoms with Crippen LogP contribution in [0.15, 0.2) is 66.2 Å². The van der Waals surface area contributed by atoms with Crippen molar-refractivity contribution in [1.82, 2.24) is 19.5 Å². The molecule has 7 heteroatoms. The van der Waals surface area contributed by atoms with Gasteiger partial charge in [0.05, 0.1) is 23.6 Å². The molecule has 1 N–H and O–H groups in total. The van der Waals surface area contributed by atoms with Gasteiger partial charge in [-0.2, -0.15) is 5.10 Å². The highest BCUT2D eigenvalue weighted by atomic mass is 32.2. The average molecular weight is 354 g/mol. The number of hydrogen-bond donors (Lipinski definition) is 1. The number of rotatable bonds is 6. The van der Waals surface area contributed by atoms with E-state index in [1.165, 1.54) is 0 Å². The molecule has 6 nitrogen and oxygen atoms in total. The first-order valence-electron chi connectivity index (χ1n) is 7.71. The van der Waals surface area contributed by atoms with Gasteiger partial charge in [-0.1, -0.05) is 36.4 Å². The standard InChI is InChI=1S/C18H18N4O2S/c1-22-18(17-9-5-6-11-19-17)13-16(21-22)14-20-25(23,24)12-10-15-7-3-2-4-8-15/h2-13,20H,14H2,1H3/b12-10+. The number of aryl methyl sites for hydroxylation is 1. The summed E-state index contributed by atoms with van der Waals surface area (Å²) in [5.41, 5.74) is 3.06. The van der Waals surface area contributed by atoms with Gasteiger partial charge < -0.3 is 0 Å². The first-order chi connectivity index (χ1) is 12.0. The highest BCUT2D eigenvalue weighted by Gasteiger charge is 2.11. The van der Waals surface area contributed by atoms with Gasteiger partial charge in [-0.25, -0.2) is 13.1 Å². The number of hydrogen-bond acceptors (Lipinski definition) is 4. The minimum atomic E-state index is -3.54. The van der Waals surface area contributed by atoms with E-state index in [0.29, 0.717) is 5.69 Å². The summed E-state index contributed by atoms with van der Waals surface area (Å²) in [6, 6.07) is 16.7. The molecule has 2 aromatic heterocycles. The monoisotopic (exact) mass is 354 g/mol. The second-order valence-electron chi connectivity index (χ2n) is 5.44. The highest BCUT2D eigenvalue weighted by molar-refractivity contribution is 7.92. The first-order valence-corrected chi connectivity index (χ1v) is 9.25. The summed E-state index contributed by atoms with van der Waals surface area (Å²) in [7, 11) is -1.74. The zero-order valence-electron chi connectivity index (χ0n) is 13.7. The van der Waals surface area contributed by atoms with Gasteiger partial charge in [0.2, 0.25) is 10.0 Å². The second kappa shape index (κ2) is 7.42. The van der Waals surface area contributed by atoms with Crippen LogP contribution in [0.1, 0.15) is 11.3 Å². The van der Waals surface area contributed by atoms with E-state index < -0.39 is 10.0 Å². The van der Waals surface area contributed by atoms with Crippen molar-refractivity contribution in [1.29, 1.82) is 0 Å². The quantitative estimate of drug-likeness (QED) is 0.738. The van der Waals surface area contributed by atoms with Gasteiger partial charge in [0.15, 0.2) is 0 Å². The van der Waals surface area contributed by atoms with E-state index in [1.54, 1.807) is 24.0 Å². The molecular formula is C18H18N4O2S. The van der Waals surface area contributed by atoms with E-state index in [9.17, 15) is 8.42 Å². The largest absolute Gasteiger partial charge is 0.266 e. The number of benzene rings is 1. The van der Waals surface area contributed by atoms with E-state index in [0.717, 1.165) is 22.4 Å². The summed E-state index contributed by atoms with van der Waals surface area (Å²) in [5, 5.41) is 5.49. The Bertz CT molecular complexity index is 965. The lowest BCUT2D eigenvalue weighted by atomic mass is 10.2. The van der Waals surface area contributed by atoms with Crippen molar-refractivity contribution in [3.05, 3.63) is 77.5 Å². The maximum atomic E-state index is 12.1. The molecule has 0 amide bonds. The summed E-state index contributed by atoms with van der Waals surface area (Å²) in [6.07, 6.45) is 3.26. The maximum Gasteiger partial charge on any atom is 0.234 e. The number of pyridine rings is 1. The van der Waals surface area contributed by atoms with Gasteiger partial charge in [-0.3, -0.25) is 9.67 Å². The van der Waals surface area contributed by atoms with Crippen LogP contribution < -0.4 is 4.72 Å². The van der Waals surface area contributed by atoms with Crippen LogP contribution in [-0.4, -0.2) is 23.2 Å². The summed E-state index contributed by atoms with van der Waals surface area (Å²) >= 11 is 0. The molecule has 1 aromatic carbocycles. The lowest BCUT2D eigenvalue weighted by molar-refractivity contribution is 0.589. The Hall–Kier alpha value is -2.77. The van der Waals surface area contributed by atoms with Crippen LogP contribution >= 0.6 is 0 Å². The van der Waals surface area contributed by atoms with Crippen LogP contribution in [0.4, 0.5) is 0 Å². The van der Waals surface area contributed by atoms with Crippen LogP contribution in [0.2, 0.25) is 0 Å². The van der Waals surface area contributed by atoms with Gasteiger partial charge in [0, 0.05) is 18.7 Å². The molecular weight excluding hydrogens is 336 g/mol. The third-order valence-corrected chi connectivity index (χ3v) is 4.59. The SMILES string of the molecule is Cn1nc(CNS(=O)(=O)/C=C/c2ccccc2)cc1-c1ccccn1. The van der Waals surface area contributed by atoms with Crippen molar-refractivity contribution >= 4 is 16.1 Å². The number of sulfonamides is 1. The zero-order chi connectivity index (χ0) is 17.7. The lowest BCUT2D eigenvalue weighted by Gasteiger charge is -2.00. The third kappa shape index (κ3) is 4.62. The van der Waals surface area contributed by atoms with Gasteiger partial charge in [-0.15, -0.1) is 0 Å². The predicted molar refractivity (Wildman–Crippen MR) is 97.7 cm³/mol. The lowest BCUT2D eigenvalue weighted by Crippen LogP contribution is -2.20. The van der Waals surface area contributed by atoms with Crippen molar-refractivity contribution in [2.75, 3.05) is 0 Å². The van der Waals surface area contributed by atoms with E-state index in [2.05, 4.69) is 14.8 Å². The van der Waals surface area contributed by atoms with Gasteiger partial charge >= 0.3 is 0 Å². The Morgan fingerprint density at radius 3 is 2.60 bits per heavy atom. The Kier molecular flexibility index (Phi) is 5.06. The van der Waals surface area contributed by atoms with Crippen LogP contribution in [-0.2, 0) is 23.6 Å². The van der Waals surface area contributed by atoms with E-state index >= 15 is 0 Å². The Balaban J connectivity index is 1.68. The molecule has 0 fully saturated rings. The molecule has 0 aliphatic heterocycles. The minimum Gasteiger partial charge on any atom is -0.266 e. The van der Waals surface area contributed by atoms with Crippen LogP contribution in [0.5, 0.6) is 0 Å². The molecule has 3 rings (SSSR count). The van der Waals surface area contributed by atoms with Crippen LogP contribution in [0.3, 0.4) is 0 Å². The van der Waals surface area contributed by atoms with Crippen molar-refractivity contribution in [2.24, 2.45) is 7.05 Å². The van der Waals surface area contributed by atoms with Gasteiger partial charge in [0.25, 0.3) is 0 Å². The maximum absolute atomic E-state index is 12.1. The summed E-state index contributed by atoms with van der Waals surface area (Å²) in [4.78, 5) is 4.28. The topological polar surface area (TPSA) is 76.9 Å². The fourth-order valence-corrected chi connectivity index (χ4v) is 3.10. The molecule has 3 aromatic rings. The fraction of sp³-hybridized carbons (Fsp3) is 0.111. The normalized spacial score (nSPS) is 11.9. The Morgan fingerprint density at radius 2 is 1.88 bits per heavy atom. The van der Waals surface area contributed by atoms with Crippen molar-refractivity contribution in [3.63, 3.8) is 0 Å². The predicted octanol–water partition coefficient (Wildman–Crippen LogP) is 2.57. The average Bonchev–Trinajstić information content (AvgIpc) is 3.01. The van der Waals surface area contributed by atoms with Crippen molar-refractivity contribution in [3.8, 4) is 11.4 Å². The summed E-state index contributed by atoms with van der Waals surface area (Å²) in [5.74, 6) is 0. The van der Waals surface area contributed by atoms with E-state index in [1.807, 2.05) is 54.6 Å². The van der Waals surface area contributed by atoms with Crippen molar-refractivity contribution < 1.29 is 8.42 Å². The number of nitrogens with one attached hydrogen (secondary N) is 1. The molecule has 0 aliphatic carbocycles. The third-order valence-electron chi connectivity index (χ3n) is 3.55. The van der Waals surface area contributed by atoms with Crippen LogP contribution in [0.25, 0.3) is 17.5 Å². The summed E-state index contributed by atoms with van der Waals surface area (Å²) < 4.78 is 28.4. The Labute approximate surface area is 146 Å². The zero-order valence-corrected chi connectivity index (χ0v) is 14.5. The minimum absolute atomic E-state index is 0.113. The fourth-order valence-electron chi connectivity index (χ4n) is 2.32. The molecule has 0 saturated carbocycles. The molecule has 0 unspecified atom stereocenters. The van der Waals surface area contributed by atoms with E-state index in [-0.39, 0.29) is 6.54 Å².